The third kappa shape index (κ3) is 2.84. The molecule has 0 saturated carbocycles. The first-order valence-corrected chi connectivity index (χ1v) is 6.91. The topological polar surface area (TPSA) is 12.5 Å². The van der Waals surface area contributed by atoms with Gasteiger partial charge in [0.1, 0.15) is 0 Å². The number of likely N-dealkylation sites (tertiary alicyclic amines) is 1. The summed E-state index contributed by atoms with van der Waals surface area (Å²) in [4.78, 5) is 2.45. The minimum Gasteiger partial charge on any atom is -0.375 e. The van der Waals surface area contributed by atoms with Crippen LogP contribution in [-0.4, -0.2) is 36.7 Å². The summed E-state index contributed by atoms with van der Waals surface area (Å²) in [7, 11) is 0. The van der Waals surface area contributed by atoms with Gasteiger partial charge in [0, 0.05) is 13.2 Å². The molecule has 0 N–H and O–H groups in total. The van der Waals surface area contributed by atoms with E-state index in [1.807, 2.05) is 0 Å². The van der Waals surface area contributed by atoms with Crippen LogP contribution in [0.1, 0.15) is 46.0 Å². The minimum absolute atomic E-state index is 0.0946. The molecular weight excluding hydrogens is 210 g/mol. The van der Waals surface area contributed by atoms with Gasteiger partial charge in [-0.15, -0.1) is 6.42 Å². The zero-order valence-electron chi connectivity index (χ0n) is 11.3. The smallest absolute Gasteiger partial charge is 0.0657 e. The van der Waals surface area contributed by atoms with Crippen molar-refractivity contribution in [2.24, 2.45) is 5.41 Å². The van der Waals surface area contributed by atoms with Crippen LogP contribution in [0.5, 0.6) is 0 Å². The Kier molecular flexibility index (Phi) is 3.80. The first kappa shape index (κ1) is 12.9. The summed E-state index contributed by atoms with van der Waals surface area (Å²) in [6, 6.07) is 0. The van der Waals surface area contributed by atoms with Crippen LogP contribution in [0.15, 0.2) is 0 Å². The van der Waals surface area contributed by atoms with Gasteiger partial charge in [0.05, 0.1) is 12.1 Å². The lowest BCUT2D eigenvalue weighted by Crippen LogP contribution is -2.51. The van der Waals surface area contributed by atoms with E-state index in [9.17, 15) is 0 Å². The second-order valence-electron chi connectivity index (χ2n) is 6.10. The van der Waals surface area contributed by atoms with Gasteiger partial charge in [0.2, 0.25) is 0 Å². The van der Waals surface area contributed by atoms with Gasteiger partial charge in [0.15, 0.2) is 0 Å². The zero-order valence-corrected chi connectivity index (χ0v) is 11.3. The fourth-order valence-electron chi connectivity index (χ4n) is 3.60. The molecule has 2 fully saturated rings. The van der Waals surface area contributed by atoms with E-state index < -0.39 is 0 Å². The molecule has 96 valence electrons. The summed E-state index contributed by atoms with van der Waals surface area (Å²) in [5.74, 6) is 2.79. The summed E-state index contributed by atoms with van der Waals surface area (Å²) >= 11 is 0. The molecule has 0 radical (unpaired) electrons. The summed E-state index contributed by atoms with van der Waals surface area (Å²) in [5.41, 5.74) is 0.565. The van der Waals surface area contributed by atoms with Crippen molar-refractivity contribution in [1.29, 1.82) is 0 Å². The molecule has 2 rings (SSSR count). The van der Waals surface area contributed by atoms with Crippen LogP contribution in [0, 0.1) is 17.8 Å². The van der Waals surface area contributed by atoms with Gasteiger partial charge in [-0.2, -0.15) is 0 Å². The Morgan fingerprint density at radius 2 is 2.24 bits per heavy atom. The predicted molar refractivity (Wildman–Crippen MR) is 70.8 cm³/mol. The fraction of sp³-hybridized carbons (Fsp3) is 0.867. The number of hydrogen-bond acceptors (Lipinski definition) is 2. The number of piperidine rings is 1. The van der Waals surface area contributed by atoms with Gasteiger partial charge in [-0.1, -0.05) is 12.8 Å². The molecule has 0 aromatic rings. The summed E-state index contributed by atoms with van der Waals surface area (Å²) < 4.78 is 5.98. The average molecular weight is 235 g/mol. The Bertz CT molecular complexity index is 305. The Morgan fingerprint density at radius 3 is 2.94 bits per heavy atom. The average Bonchev–Trinajstić information content (AvgIpc) is 2.29. The maximum Gasteiger partial charge on any atom is 0.0657 e. The molecule has 0 aromatic heterocycles. The lowest BCUT2D eigenvalue weighted by atomic mass is 9.68. The Balaban J connectivity index is 2.05. The quantitative estimate of drug-likeness (QED) is 0.682. The van der Waals surface area contributed by atoms with Crippen molar-refractivity contribution in [3.05, 3.63) is 0 Å². The first-order valence-electron chi connectivity index (χ1n) is 6.91. The van der Waals surface area contributed by atoms with Crippen molar-refractivity contribution >= 4 is 0 Å². The normalized spacial score (nSPS) is 39.1. The Labute approximate surface area is 106 Å². The molecule has 2 aliphatic rings. The second-order valence-corrected chi connectivity index (χ2v) is 6.10. The van der Waals surface area contributed by atoms with Gasteiger partial charge >= 0.3 is 0 Å². The summed E-state index contributed by atoms with van der Waals surface area (Å²) in [6.45, 7) is 8.60. The largest absolute Gasteiger partial charge is 0.375 e. The molecular formula is C15H25NO. The van der Waals surface area contributed by atoms with E-state index in [-0.39, 0.29) is 5.60 Å². The maximum atomic E-state index is 5.98. The molecule has 2 atom stereocenters. The molecule has 2 nitrogen and oxygen atoms in total. The third-order valence-corrected chi connectivity index (χ3v) is 4.64. The molecule has 0 amide bonds. The molecule has 2 saturated heterocycles. The van der Waals surface area contributed by atoms with E-state index in [0.29, 0.717) is 5.41 Å². The lowest BCUT2D eigenvalue weighted by molar-refractivity contribution is -0.132. The van der Waals surface area contributed by atoms with E-state index in [1.165, 1.54) is 38.8 Å². The van der Waals surface area contributed by atoms with Crippen molar-refractivity contribution in [2.45, 2.75) is 51.6 Å². The van der Waals surface area contributed by atoms with Gasteiger partial charge in [-0.25, -0.2) is 0 Å². The van der Waals surface area contributed by atoms with Crippen molar-refractivity contribution in [3.63, 3.8) is 0 Å². The highest BCUT2D eigenvalue weighted by molar-refractivity contribution is 4.98. The van der Waals surface area contributed by atoms with E-state index in [0.717, 1.165) is 19.6 Å². The third-order valence-electron chi connectivity index (χ3n) is 4.64. The van der Waals surface area contributed by atoms with Crippen molar-refractivity contribution < 1.29 is 4.74 Å². The van der Waals surface area contributed by atoms with E-state index >= 15 is 0 Å². The number of hydrogen-bond donors (Lipinski definition) is 0. The van der Waals surface area contributed by atoms with Crippen LogP contribution in [0.4, 0.5) is 0 Å². The molecule has 1 spiro atoms. The molecule has 2 heterocycles. The number of rotatable bonds is 2. The molecule has 0 aliphatic carbocycles. The van der Waals surface area contributed by atoms with Crippen LogP contribution in [-0.2, 0) is 4.74 Å². The summed E-state index contributed by atoms with van der Waals surface area (Å²) in [5, 5.41) is 0. The van der Waals surface area contributed by atoms with Crippen LogP contribution in [0.25, 0.3) is 0 Å². The molecule has 2 aliphatic heterocycles. The van der Waals surface area contributed by atoms with Crippen LogP contribution < -0.4 is 0 Å². The monoisotopic (exact) mass is 235 g/mol. The van der Waals surface area contributed by atoms with Crippen LogP contribution in [0.2, 0.25) is 0 Å². The van der Waals surface area contributed by atoms with Gasteiger partial charge < -0.3 is 4.74 Å². The Hall–Kier alpha value is -0.520. The maximum absolute atomic E-state index is 5.98. The van der Waals surface area contributed by atoms with Gasteiger partial charge in [-0.3, -0.25) is 4.90 Å². The van der Waals surface area contributed by atoms with E-state index in [2.05, 4.69) is 24.7 Å². The van der Waals surface area contributed by atoms with Gasteiger partial charge in [-0.05, 0) is 51.0 Å². The number of terminal acetylenes is 1. The van der Waals surface area contributed by atoms with E-state index in [1.54, 1.807) is 0 Å². The fourth-order valence-corrected chi connectivity index (χ4v) is 3.60. The number of ether oxygens (including phenoxy) is 1. The molecule has 0 unspecified atom stereocenters. The van der Waals surface area contributed by atoms with Gasteiger partial charge in [0.25, 0.3) is 0 Å². The molecule has 17 heavy (non-hydrogen) atoms. The first-order chi connectivity index (χ1) is 8.11. The second kappa shape index (κ2) is 5.00. The molecule has 2 heteroatoms. The van der Waals surface area contributed by atoms with E-state index in [4.69, 9.17) is 11.2 Å². The molecule has 0 aromatic carbocycles. The van der Waals surface area contributed by atoms with Crippen molar-refractivity contribution in [3.8, 4) is 12.3 Å². The molecule has 0 bridgehead atoms. The SMILES string of the molecule is C#CCN1CCC[C@@]2(CCO[C@@](C)(CC)C2)C1. The van der Waals surface area contributed by atoms with Crippen LogP contribution in [0.3, 0.4) is 0 Å². The zero-order chi connectivity index (χ0) is 12.4. The predicted octanol–water partition coefficient (Wildman–Crippen LogP) is 2.68. The van der Waals surface area contributed by atoms with Crippen molar-refractivity contribution in [1.82, 2.24) is 4.90 Å². The van der Waals surface area contributed by atoms with Crippen molar-refractivity contribution in [2.75, 3.05) is 26.2 Å². The highest BCUT2D eigenvalue weighted by atomic mass is 16.5. The Morgan fingerprint density at radius 1 is 1.41 bits per heavy atom. The minimum atomic E-state index is 0.0946. The standard InChI is InChI=1S/C15H25NO/c1-4-9-16-10-6-7-15(13-16)8-11-17-14(3,5-2)12-15/h1H,5-13H2,2-3H3/t14-,15-/m0/s1. The highest BCUT2D eigenvalue weighted by Crippen LogP contribution is 2.45. The number of nitrogens with zero attached hydrogens (tertiary/aromatic N) is 1. The lowest BCUT2D eigenvalue weighted by Gasteiger charge is -2.50. The summed E-state index contributed by atoms with van der Waals surface area (Å²) in [6.07, 6.45) is 11.6. The van der Waals surface area contributed by atoms with Crippen LogP contribution >= 0.6 is 0 Å². The highest BCUT2D eigenvalue weighted by Gasteiger charge is 2.44.